The molecule has 1 heteroatoms. The maximum atomic E-state index is 9.04. The van der Waals surface area contributed by atoms with E-state index in [4.69, 9.17) is 5.11 Å². The first-order valence-electron chi connectivity index (χ1n) is 4.80. The van der Waals surface area contributed by atoms with E-state index in [1.807, 2.05) is 6.07 Å². The second kappa shape index (κ2) is 3.65. The van der Waals surface area contributed by atoms with Crippen molar-refractivity contribution in [1.82, 2.24) is 0 Å². The van der Waals surface area contributed by atoms with E-state index in [9.17, 15) is 0 Å². The minimum absolute atomic E-state index is 0.464. The highest BCUT2D eigenvalue weighted by Gasteiger charge is 2.22. The van der Waals surface area contributed by atoms with Gasteiger partial charge in [-0.25, -0.2) is 0 Å². The van der Waals surface area contributed by atoms with E-state index >= 15 is 0 Å². The van der Waals surface area contributed by atoms with Crippen LogP contribution < -0.4 is 0 Å². The molecule has 0 saturated heterocycles. The first-order valence-corrected chi connectivity index (χ1v) is 4.80. The molecule has 0 heterocycles. The van der Waals surface area contributed by atoms with E-state index in [1.54, 1.807) is 0 Å². The van der Waals surface area contributed by atoms with Crippen LogP contribution in [0.15, 0.2) is 42.2 Å². The molecule has 1 unspecified atom stereocenters. The standard InChI is InChI=1S/C12H14O/c13-9-11-7-4-8-12(11)10-5-2-1-3-6-10/h1-3,5-6,9,12-13H,4,7-8H2/b11-9+. The SMILES string of the molecule is O/C=C1\CCCC1c1ccccc1. The molecule has 0 radical (unpaired) electrons. The highest BCUT2D eigenvalue weighted by molar-refractivity contribution is 5.30. The molecule has 1 atom stereocenters. The van der Waals surface area contributed by atoms with Crippen LogP contribution in [0.2, 0.25) is 0 Å². The van der Waals surface area contributed by atoms with E-state index in [2.05, 4.69) is 24.3 Å². The second-order valence-corrected chi connectivity index (χ2v) is 3.56. The number of benzene rings is 1. The summed E-state index contributed by atoms with van der Waals surface area (Å²) < 4.78 is 0. The third kappa shape index (κ3) is 1.59. The van der Waals surface area contributed by atoms with Crippen LogP contribution in [0, 0.1) is 0 Å². The molecule has 13 heavy (non-hydrogen) atoms. The third-order valence-electron chi connectivity index (χ3n) is 2.77. The Morgan fingerprint density at radius 2 is 2.00 bits per heavy atom. The largest absolute Gasteiger partial charge is 0.516 e. The third-order valence-corrected chi connectivity index (χ3v) is 2.77. The zero-order valence-corrected chi connectivity index (χ0v) is 7.61. The lowest BCUT2D eigenvalue weighted by atomic mass is 9.95. The maximum absolute atomic E-state index is 9.04. The average Bonchev–Trinajstić information content (AvgIpc) is 2.67. The van der Waals surface area contributed by atoms with Crippen LogP contribution in [0.5, 0.6) is 0 Å². The van der Waals surface area contributed by atoms with Crippen molar-refractivity contribution in [2.45, 2.75) is 25.2 Å². The van der Waals surface area contributed by atoms with Crippen LogP contribution in [-0.2, 0) is 0 Å². The van der Waals surface area contributed by atoms with Crippen molar-refractivity contribution >= 4 is 0 Å². The Morgan fingerprint density at radius 3 is 2.69 bits per heavy atom. The van der Waals surface area contributed by atoms with Gasteiger partial charge in [0.05, 0.1) is 6.26 Å². The molecule has 0 amide bonds. The minimum Gasteiger partial charge on any atom is -0.516 e. The van der Waals surface area contributed by atoms with E-state index in [0.717, 1.165) is 6.42 Å². The fourth-order valence-electron chi connectivity index (χ4n) is 2.09. The molecule has 1 nitrogen and oxygen atoms in total. The lowest BCUT2D eigenvalue weighted by molar-refractivity contribution is 0.462. The summed E-state index contributed by atoms with van der Waals surface area (Å²) in [6.07, 6.45) is 4.73. The van der Waals surface area contributed by atoms with Gasteiger partial charge in [-0.2, -0.15) is 0 Å². The van der Waals surface area contributed by atoms with Crippen molar-refractivity contribution in [3.8, 4) is 0 Å². The number of allylic oxidation sites excluding steroid dienone is 1. The molecule has 2 rings (SSSR count). The van der Waals surface area contributed by atoms with Crippen molar-refractivity contribution in [3.05, 3.63) is 47.7 Å². The smallest absolute Gasteiger partial charge is 0.0789 e. The van der Waals surface area contributed by atoms with Crippen LogP contribution in [0.4, 0.5) is 0 Å². The molecule has 1 fully saturated rings. The summed E-state index contributed by atoms with van der Waals surface area (Å²) in [6, 6.07) is 10.4. The van der Waals surface area contributed by atoms with Crippen LogP contribution >= 0.6 is 0 Å². The zero-order valence-electron chi connectivity index (χ0n) is 7.61. The molecular formula is C12H14O. The minimum atomic E-state index is 0.464. The molecule has 0 aliphatic heterocycles. The highest BCUT2D eigenvalue weighted by atomic mass is 16.2. The first kappa shape index (κ1) is 8.36. The van der Waals surface area contributed by atoms with E-state index in [0.29, 0.717) is 5.92 Å². The summed E-state index contributed by atoms with van der Waals surface area (Å²) in [6.45, 7) is 0. The Labute approximate surface area is 78.7 Å². The average molecular weight is 174 g/mol. The summed E-state index contributed by atoms with van der Waals surface area (Å²) in [7, 11) is 0. The molecule has 0 bridgehead atoms. The van der Waals surface area contributed by atoms with Gasteiger partial charge in [-0.1, -0.05) is 30.3 Å². The van der Waals surface area contributed by atoms with Gasteiger partial charge < -0.3 is 5.11 Å². The topological polar surface area (TPSA) is 20.2 Å². The van der Waals surface area contributed by atoms with Crippen LogP contribution in [0.3, 0.4) is 0 Å². The summed E-state index contributed by atoms with van der Waals surface area (Å²) >= 11 is 0. The number of aliphatic hydroxyl groups is 1. The van der Waals surface area contributed by atoms with Crippen LogP contribution in [0.25, 0.3) is 0 Å². The Kier molecular flexibility index (Phi) is 2.35. The maximum Gasteiger partial charge on any atom is 0.0789 e. The van der Waals surface area contributed by atoms with Gasteiger partial charge in [0.25, 0.3) is 0 Å². The Bertz CT molecular complexity index is 300. The summed E-state index contributed by atoms with van der Waals surface area (Å²) in [4.78, 5) is 0. The Hall–Kier alpha value is -1.24. The molecule has 0 aromatic heterocycles. The second-order valence-electron chi connectivity index (χ2n) is 3.56. The van der Waals surface area contributed by atoms with Crippen molar-refractivity contribution in [2.75, 3.05) is 0 Å². The van der Waals surface area contributed by atoms with Gasteiger partial charge in [-0.3, -0.25) is 0 Å². The van der Waals surface area contributed by atoms with Gasteiger partial charge in [0.1, 0.15) is 0 Å². The van der Waals surface area contributed by atoms with Gasteiger partial charge in [0.15, 0.2) is 0 Å². The molecule has 68 valence electrons. The molecular weight excluding hydrogens is 160 g/mol. The van der Waals surface area contributed by atoms with Crippen LogP contribution in [-0.4, -0.2) is 5.11 Å². The molecule has 0 spiro atoms. The number of hydrogen-bond acceptors (Lipinski definition) is 1. The summed E-state index contributed by atoms with van der Waals surface area (Å²) in [5.74, 6) is 0.464. The molecule has 1 aliphatic rings. The molecule has 1 aromatic rings. The van der Waals surface area contributed by atoms with E-state index in [-0.39, 0.29) is 0 Å². The highest BCUT2D eigenvalue weighted by Crippen LogP contribution is 2.38. The van der Waals surface area contributed by atoms with Crippen molar-refractivity contribution in [3.63, 3.8) is 0 Å². The molecule has 1 aromatic carbocycles. The van der Waals surface area contributed by atoms with E-state index in [1.165, 1.54) is 30.2 Å². The summed E-state index contributed by atoms with van der Waals surface area (Å²) in [5.41, 5.74) is 2.52. The van der Waals surface area contributed by atoms with Gasteiger partial charge in [-0.05, 0) is 30.4 Å². The summed E-state index contributed by atoms with van der Waals surface area (Å²) in [5, 5.41) is 9.04. The predicted molar refractivity (Wildman–Crippen MR) is 53.7 cm³/mol. The van der Waals surface area contributed by atoms with Crippen molar-refractivity contribution < 1.29 is 5.11 Å². The number of hydrogen-bond donors (Lipinski definition) is 1. The fraction of sp³-hybridized carbons (Fsp3) is 0.333. The Morgan fingerprint density at radius 1 is 1.23 bits per heavy atom. The lowest BCUT2D eigenvalue weighted by Gasteiger charge is -2.10. The van der Waals surface area contributed by atoms with Crippen LogP contribution in [0.1, 0.15) is 30.7 Å². The molecule has 1 N–H and O–H groups in total. The quantitative estimate of drug-likeness (QED) is 0.647. The van der Waals surface area contributed by atoms with Gasteiger partial charge in [0.2, 0.25) is 0 Å². The van der Waals surface area contributed by atoms with E-state index < -0.39 is 0 Å². The predicted octanol–water partition coefficient (Wildman–Crippen LogP) is 3.40. The first-order chi connectivity index (χ1) is 6.42. The van der Waals surface area contributed by atoms with Crippen molar-refractivity contribution in [2.24, 2.45) is 0 Å². The van der Waals surface area contributed by atoms with Gasteiger partial charge in [0, 0.05) is 5.92 Å². The monoisotopic (exact) mass is 174 g/mol. The zero-order chi connectivity index (χ0) is 9.10. The molecule has 1 aliphatic carbocycles. The van der Waals surface area contributed by atoms with Gasteiger partial charge in [-0.15, -0.1) is 0 Å². The number of rotatable bonds is 1. The van der Waals surface area contributed by atoms with Gasteiger partial charge >= 0.3 is 0 Å². The van der Waals surface area contributed by atoms with Crippen molar-refractivity contribution in [1.29, 1.82) is 0 Å². The Balaban J connectivity index is 2.27. The fourth-order valence-corrected chi connectivity index (χ4v) is 2.09. The molecule has 1 saturated carbocycles. The normalized spacial score (nSPS) is 25.2. The lowest BCUT2D eigenvalue weighted by Crippen LogP contribution is -1.94. The number of aliphatic hydroxyl groups excluding tert-OH is 1.